The molecule has 0 aliphatic heterocycles. The minimum absolute atomic E-state index is 0.0447. The van der Waals surface area contributed by atoms with Crippen LogP contribution in [0.1, 0.15) is 52.1 Å². The molecule has 1 unspecified atom stereocenters. The molecule has 1 N–H and O–H groups in total. The highest BCUT2D eigenvalue weighted by Gasteiger charge is 2.17. The molecule has 1 heterocycles. The maximum Gasteiger partial charge on any atom is 0.273 e. The van der Waals surface area contributed by atoms with E-state index < -0.39 is 0 Å². The van der Waals surface area contributed by atoms with E-state index in [0.29, 0.717) is 22.1 Å². The Morgan fingerprint density at radius 2 is 1.96 bits per heavy atom. The largest absolute Gasteiger partial charge is 0.486 e. The van der Waals surface area contributed by atoms with Crippen molar-refractivity contribution in [3.63, 3.8) is 0 Å². The number of nitrogens with zero attached hydrogens (tertiary/aromatic N) is 1. The Labute approximate surface area is 167 Å². The zero-order valence-electron chi connectivity index (χ0n) is 15.4. The maximum absolute atomic E-state index is 12.4. The third-order valence-corrected chi connectivity index (χ3v) is 4.48. The first-order valence-corrected chi connectivity index (χ1v) is 9.06. The summed E-state index contributed by atoms with van der Waals surface area (Å²) in [6.07, 6.45) is 0. The number of carbonyl (C=O) groups is 2. The first-order chi connectivity index (χ1) is 13.4. The zero-order valence-corrected chi connectivity index (χ0v) is 16.2. The number of benzene rings is 2. The predicted molar refractivity (Wildman–Crippen MR) is 105 cm³/mol. The highest BCUT2D eigenvalue weighted by Crippen LogP contribution is 2.22. The summed E-state index contributed by atoms with van der Waals surface area (Å²) in [5, 5.41) is 7.21. The van der Waals surface area contributed by atoms with Crippen molar-refractivity contribution in [3.8, 4) is 5.75 Å². The molecule has 28 heavy (non-hydrogen) atoms. The number of amides is 1. The third-order valence-electron chi connectivity index (χ3n) is 4.13. The van der Waals surface area contributed by atoms with Crippen LogP contribution in [-0.2, 0) is 6.61 Å². The Morgan fingerprint density at radius 3 is 2.71 bits per heavy atom. The number of halogens is 1. The van der Waals surface area contributed by atoms with Crippen LogP contribution in [0.15, 0.2) is 59.1 Å². The maximum atomic E-state index is 12.4. The normalized spacial score (nSPS) is 11.7. The molecule has 0 aliphatic carbocycles. The van der Waals surface area contributed by atoms with E-state index in [-0.39, 0.29) is 30.0 Å². The first-order valence-electron chi connectivity index (χ1n) is 8.68. The van der Waals surface area contributed by atoms with Gasteiger partial charge in [-0.15, -0.1) is 0 Å². The number of hydrogen-bond donors (Lipinski definition) is 1. The topological polar surface area (TPSA) is 81.4 Å². The number of ketones is 1. The van der Waals surface area contributed by atoms with Gasteiger partial charge in [-0.2, -0.15) is 0 Å². The lowest BCUT2D eigenvalue weighted by atomic mass is 10.1. The molecule has 0 aliphatic rings. The molecule has 3 rings (SSSR count). The highest BCUT2D eigenvalue weighted by molar-refractivity contribution is 6.31. The van der Waals surface area contributed by atoms with Crippen LogP contribution in [0.3, 0.4) is 0 Å². The van der Waals surface area contributed by atoms with E-state index in [4.69, 9.17) is 20.9 Å². The summed E-state index contributed by atoms with van der Waals surface area (Å²) in [7, 11) is 0. The second-order valence-corrected chi connectivity index (χ2v) is 6.68. The lowest BCUT2D eigenvalue weighted by Gasteiger charge is -2.14. The smallest absolute Gasteiger partial charge is 0.273 e. The molecule has 0 bridgehead atoms. The summed E-state index contributed by atoms with van der Waals surface area (Å²) >= 11 is 6.16. The lowest BCUT2D eigenvalue weighted by molar-refractivity contribution is 0.0929. The van der Waals surface area contributed by atoms with Gasteiger partial charge in [-0.25, -0.2) is 0 Å². The number of hydrogen-bond acceptors (Lipinski definition) is 5. The van der Waals surface area contributed by atoms with Gasteiger partial charge in [0.25, 0.3) is 5.91 Å². The van der Waals surface area contributed by atoms with E-state index in [0.717, 1.165) is 5.56 Å². The van der Waals surface area contributed by atoms with Gasteiger partial charge in [0.05, 0.1) is 6.04 Å². The van der Waals surface area contributed by atoms with Gasteiger partial charge in [0.2, 0.25) is 0 Å². The van der Waals surface area contributed by atoms with Crippen molar-refractivity contribution in [3.05, 3.63) is 82.2 Å². The third kappa shape index (κ3) is 4.78. The van der Waals surface area contributed by atoms with Gasteiger partial charge >= 0.3 is 0 Å². The van der Waals surface area contributed by atoms with Gasteiger partial charge < -0.3 is 14.6 Å². The fourth-order valence-corrected chi connectivity index (χ4v) is 2.92. The molecule has 0 radical (unpaired) electrons. The SMILES string of the molecule is CC(=O)c1cccc(OCc2cc(C(=O)NC(C)c3ccccc3Cl)no2)c1. The molecule has 144 valence electrons. The van der Waals surface area contributed by atoms with E-state index >= 15 is 0 Å². The fourth-order valence-electron chi connectivity index (χ4n) is 2.62. The molecule has 0 fully saturated rings. The molecule has 7 heteroatoms. The van der Waals surface area contributed by atoms with Crippen molar-refractivity contribution in [1.82, 2.24) is 10.5 Å². The molecular formula is C21H19ClN2O4. The summed E-state index contributed by atoms with van der Waals surface area (Å²) in [4.78, 5) is 23.8. The summed E-state index contributed by atoms with van der Waals surface area (Å²) in [6, 6.07) is 15.4. The second-order valence-electron chi connectivity index (χ2n) is 6.27. The van der Waals surface area contributed by atoms with Crippen LogP contribution in [0, 0.1) is 0 Å². The van der Waals surface area contributed by atoms with Crippen molar-refractivity contribution in [1.29, 1.82) is 0 Å². The summed E-state index contributed by atoms with van der Waals surface area (Å²) in [5.41, 5.74) is 1.52. The Hall–Kier alpha value is -3.12. The van der Waals surface area contributed by atoms with Crippen LogP contribution in [0.5, 0.6) is 5.75 Å². The van der Waals surface area contributed by atoms with Gasteiger partial charge in [0.15, 0.2) is 17.2 Å². The van der Waals surface area contributed by atoms with Crippen LogP contribution in [0.2, 0.25) is 5.02 Å². The molecule has 0 saturated heterocycles. The highest BCUT2D eigenvalue weighted by atomic mass is 35.5. The van der Waals surface area contributed by atoms with Crippen molar-refractivity contribution in [2.75, 3.05) is 0 Å². The minimum atomic E-state index is -0.374. The molecule has 1 aromatic heterocycles. The summed E-state index contributed by atoms with van der Waals surface area (Å²) in [5.74, 6) is 0.504. The van der Waals surface area contributed by atoms with Gasteiger partial charge in [0.1, 0.15) is 12.4 Å². The molecule has 3 aromatic rings. The molecule has 0 spiro atoms. The van der Waals surface area contributed by atoms with Gasteiger partial charge in [-0.1, -0.05) is 47.1 Å². The lowest BCUT2D eigenvalue weighted by Crippen LogP contribution is -2.27. The average molecular weight is 399 g/mol. The van der Waals surface area contributed by atoms with Crippen LogP contribution in [-0.4, -0.2) is 16.8 Å². The zero-order chi connectivity index (χ0) is 20.1. The minimum Gasteiger partial charge on any atom is -0.486 e. The Morgan fingerprint density at radius 1 is 1.18 bits per heavy atom. The quantitative estimate of drug-likeness (QED) is 0.588. The average Bonchev–Trinajstić information content (AvgIpc) is 3.16. The number of ether oxygens (including phenoxy) is 1. The van der Waals surface area contributed by atoms with E-state index in [1.807, 2.05) is 25.1 Å². The summed E-state index contributed by atoms with van der Waals surface area (Å²) in [6.45, 7) is 3.41. The molecular weight excluding hydrogens is 380 g/mol. The van der Waals surface area contributed by atoms with E-state index in [1.54, 1.807) is 30.3 Å². The number of Topliss-reactive ketones (excluding diaryl/α,β-unsaturated/α-hetero) is 1. The van der Waals surface area contributed by atoms with E-state index in [1.165, 1.54) is 13.0 Å². The van der Waals surface area contributed by atoms with Gasteiger partial charge in [-0.3, -0.25) is 9.59 Å². The standard InChI is InChI=1S/C21H19ClN2O4/c1-13(18-8-3-4-9-19(18)22)23-21(26)20-11-17(28-24-20)12-27-16-7-5-6-15(10-16)14(2)25/h3-11,13H,12H2,1-2H3,(H,23,26). The Kier molecular flexibility index (Phi) is 6.11. The second kappa shape index (κ2) is 8.71. The van der Waals surface area contributed by atoms with Crippen molar-refractivity contribution < 1.29 is 18.8 Å². The molecule has 1 amide bonds. The van der Waals surface area contributed by atoms with Crippen molar-refractivity contribution >= 4 is 23.3 Å². The predicted octanol–water partition coefficient (Wildman–Crippen LogP) is 4.60. The number of rotatable bonds is 7. The van der Waals surface area contributed by atoms with Crippen LogP contribution in [0.25, 0.3) is 0 Å². The van der Waals surface area contributed by atoms with E-state index in [2.05, 4.69) is 10.5 Å². The monoisotopic (exact) mass is 398 g/mol. The van der Waals surface area contributed by atoms with Crippen molar-refractivity contribution in [2.45, 2.75) is 26.5 Å². The Balaban J connectivity index is 1.60. The molecule has 1 atom stereocenters. The van der Waals surface area contributed by atoms with Gasteiger partial charge in [-0.05, 0) is 37.6 Å². The number of nitrogens with one attached hydrogen (secondary N) is 1. The fraction of sp³-hybridized carbons (Fsp3) is 0.190. The summed E-state index contributed by atoms with van der Waals surface area (Å²) < 4.78 is 10.8. The first kappa shape index (κ1) is 19.6. The van der Waals surface area contributed by atoms with Gasteiger partial charge in [0, 0.05) is 16.7 Å². The Bertz CT molecular complexity index is 999. The molecule has 6 nitrogen and oxygen atoms in total. The number of carbonyl (C=O) groups excluding carboxylic acids is 2. The van der Waals surface area contributed by atoms with Crippen molar-refractivity contribution in [2.24, 2.45) is 0 Å². The molecule has 2 aromatic carbocycles. The van der Waals surface area contributed by atoms with Crippen LogP contribution < -0.4 is 10.1 Å². The molecule has 0 saturated carbocycles. The number of aromatic nitrogens is 1. The van der Waals surface area contributed by atoms with E-state index in [9.17, 15) is 9.59 Å². The van der Waals surface area contributed by atoms with Crippen LogP contribution in [0.4, 0.5) is 0 Å². The van der Waals surface area contributed by atoms with Crippen LogP contribution >= 0.6 is 11.6 Å².